The van der Waals surface area contributed by atoms with E-state index in [2.05, 4.69) is 0 Å². The number of phosphoric ester groups is 1. The van der Waals surface area contributed by atoms with Crippen LogP contribution >= 0.6 is 7.82 Å². The van der Waals surface area contributed by atoms with Crippen molar-refractivity contribution in [1.82, 2.24) is 0 Å². The van der Waals surface area contributed by atoms with Gasteiger partial charge in [-0.3, -0.25) is 32.7 Å². The van der Waals surface area contributed by atoms with Crippen LogP contribution in [0.2, 0.25) is 0 Å². The molecule has 0 unspecified atom stereocenters. The van der Waals surface area contributed by atoms with Crippen LogP contribution in [0.1, 0.15) is 67.2 Å². The smallest absolute Gasteiger partial charge is 0.463 e. The van der Waals surface area contributed by atoms with E-state index in [1.54, 1.807) is 0 Å². The summed E-state index contributed by atoms with van der Waals surface area (Å²) in [6, 6.07) is 0. The Morgan fingerprint density at radius 1 is 0.722 bits per heavy atom. The Kier molecular flexibility index (Phi) is 14.2. The zero-order valence-corrected chi connectivity index (χ0v) is 22.5. The first-order valence-electron chi connectivity index (χ1n) is 11.8. The molecule has 1 aliphatic rings. The Labute approximate surface area is 211 Å². The highest BCUT2D eigenvalue weighted by atomic mass is 31.2. The Balaban J connectivity index is 3.42. The van der Waals surface area contributed by atoms with Crippen molar-refractivity contribution >= 4 is 31.7 Å². The zero-order valence-electron chi connectivity index (χ0n) is 21.6. The van der Waals surface area contributed by atoms with Crippen LogP contribution in [0, 0.1) is 0 Å². The van der Waals surface area contributed by atoms with Gasteiger partial charge in [0, 0.05) is 27.7 Å². The molecule has 0 aromatic carbocycles. The topological polar surface area (TPSA) is 159 Å². The number of hydrogen-bond acceptors (Lipinski definition) is 13. The third-order valence-electron chi connectivity index (χ3n) is 4.68. The molecule has 1 rings (SSSR count). The minimum absolute atomic E-state index is 0.0468. The second-order valence-electron chi connectivity index (χ2n) is 7.99. The molecule has 36 heavy (non-hydrogen) atoms. The van der Waals surface area contributed by atoms with Crippen LogP contribution in [-0.2, 0) is 61.0 Å². The molecule has 0 saturated carbocycles. The van der Waals surface area contributed by atoms with E-state index in [-0.39, 0.29) is 13.2 Å². The van der Waals surface area contributed by atoms with Crippen molar-refractivity contribution in [1.29, 1.82) is 0 Å². The van der Waals surface area contributed by atoms with Crippen molar-refractivity contribution in [3.63, 3.8) is 0 Å². The molecule has 0 aromatic rings. The monoisotopic (exact) mass is 540 g/mol. The predicted molar refractivity (Wildman–Crippen MR) is 122 cm³/mol. The molecule has 1 heterocycles. The molecule has 0 N–H and O–H groups in total. The standard InChI is InChI=1S/C22H37O13P/c1-7-9-11-29-36(27,30-12-10-8-2)35-22-21(33-17(6)26)20(32-16(5)25)19(31-15(4)24)18(34-22)13-28-14(3)23/h18-22H,7-13H2,1-6H3/t18-,19-,20+,21-,22-/m1/s1. The molecule has 1 fully saturated rings. The number of rotatable bonds is 15. The predicted octanol–water partition coefficient (Wildman–Crippen LogP) is 2.83. The molecule has 5 atom stereocenters. The van der Waals surface area contributed by atoms with Crippen molar-refractivity contribution in [2.75, 3.05) is 19.8 Å². The number of carbonyl (C=O) groups is 4. The molecule has 14 heteroatoms. The van der Waals surface area contributed by atoms with Crippen LogP contribution in [0.5, 0.6) is 0 Å². The summed E-state index contributed by atoms with van der Waals surface area (Å²) in [5.41, 5.74) is 0. The van der Waals surface area contributed by atoms with Gasteiger partial charge in [0.25, 0.3) is 0 Å². The number of ether oxygens (including phenoxy) is 5. The van der Waals surface area contributed by atoms with Crippen molar-refractivity contribution in [2.24, 2.45) is 0 Å². The average Bonchev–Trinajstić information content (AvgIpc) is 2.76. The lowest BCUT2D eigenvalue weighted by Crippen LogP contribution is -2.62. The van der Waals surface area contributed by atoms with E-state index >= 15 is 0 Å². The summed E-state index contributed by atoms with van der Waals surface area (Å²) < 4.78 is 56.7. The van der Waals surface area contributed by atoms with E-state index in [1.165, 1.54) is 0 Å². The van der Waals surface area contributed by atoms with Gasteiger partial charge in [-0.25, -0.2) is 4.57 Å². The Bertz CT molecular complexity index is 772. The number of esters is 4. The van der Waals surface area contributed by atoms with Crippen molar-refractivity contribution in [2.45, 2.75) is 97.9 Å². The van der Waals surface area contributed by atoms with Crippen LogP contribution in [0.4, 0.5) is 0 Å². The van der Waals surface area contributed by atoms with Crippen LogP contribution < -0.4 is 0 Å². The second-order valence-corrected chi connectivity index (χ2v) is 9.62. The highest BCUT2D eigenvalue weighted by Crippen LogP contribution is 2.52. The third-order valence-corrected chi connectivity index (χ3v) is 6.14. The van der Waals surface area contributed by atoms with Crippen molar-refractivity contribution in [3.8, 4) is 0 Å². The molecule has 0 spiro atoms. The minimum Gasteiger partial charge on any atom is -0.463 e. The SMILES string of the molecule is CCCCOP(=O)(OCCCC)O[C@H]1O[C@H](COC(C)=O)[C@@H](OC(C)=O)[C@H](OC(C)=O)[C@H]1OC(C)=O. The fraction of sp³-hybridized carbons (Fsp3) is 0.818. The van der Waals surface area contributed by atoms with Crippen LogP contribution in [0.25, 0.3) is 0 Å². The van der Waals surface area contributed by atoms with Gasteiger partial charge >= 0.3 is 31.7 Å². The highest BCUT2D eigenvalue weighted by molar-refractivity contribution is 7.48. The summed E-state index contributed by atoms with van der Waals surface area (Å²) in [7, 11) is -4.27. The Morgan fingerprint density at radius 3 is 1.64 bits per heavy atom. The number of hydrogen-bond donors (Lipinski definition) is 0. The third kappa shape index (κ3) is 11.3. The summed E-state index contributed by atoms with van der Waals surface area (Å²) in [4.78, 5) is 47.1. The summed E-state index contributed by atoms with van der Waals surface area (Å²) in [5.74, 6) is -3.06. The fourth-order valence-electron chi connectivity index (χ4n) is 3.14. The fourth-order valence-corrected chi connectivity index (χ4v) is 4.47. The summed E-state index contributed by atoms with van der Waals surface area (Å²) in [6.07, 6.45) is -4.68. The molecule has 208 valence electrons. The summed E-state index contributed by atoms with van der Waals surface area (Å²) >= 11 is 0. The Hall–Kier alpha value is -2.05. The summed E-state index contributed by atoms with van der Waals surface area (Å²) in [6.45, 7) is 7.90. The van der Waals surface area contributed by atoms with E-state index in [0.717, 1.165) is 40.5 Å². The van der Waals surface area contributed by atoms with Gasteiger partial charge in [0.1, 0.15) is 12.7 Å². The van der Waals surface area contributed by atoms with E-state index in [0.29, 0.717) is 12.8 Å². The van der Waals surface area contributed by atoms with Gasteiger partial charge in [-0.1, -0.05) is 26.7 Å². The number of carbonyl (C=O) groups excluding carboxylic acids is 4. The normalized spacial score (nSPS) is 24.0. The molecule has 0 aliphatic carbocycles. The molecule has 0 radical (unpaired) electrons. The van der Waals surface area contributed by atoms with Gasteiger partial charge in [-0.05, 0) is 12.8 Å². The first-order valence-corrected chi connectivity index (χ1v) is 13.3. The zero-order chi connectivity index (χ0) is 27.3. The van der Waals surface area contributed by atoms with Gasteiger partial charge in [0.15, 0.2) is 18.3 Å². The molecular weight excluding hydrogens is 503 g/mol. The number of phosphoric acid groups is 1. The Morgan fingerprint density at radius 2 is 1.19 bits per heavy atom. The van der Waals surface area contributed by atoms with Gasteiger partial charge < -0.3 is 23.7 Å². The molecule has 1 aliphatic heterocycles. The molecule has 0 amide bonds. The lowest BCUT2D eigenvalue weighted by atomic mass is 9.98. The van der Waals surface area contributed by atoms with Crippen molar-refractivity contribution in [3.05, 3.63) is 0 Å². The molecule has 0 bridgehead atoms. The molecule has 1 saturated heterocycles. The van der Waals surface area contributed by atoms with Crippen molar-refractivity contribution < 1.29 is 61.0 Å². The van der Waals surface area contributed by atoms with Gasteiger partial charge in [0.2, 0.25) is 6.29 Å². The van der Waals surface area contributed by atoms with Crippen LogP contribution in [-0.4, -0.2) is 74.4 Å². The number of unbranched alkanes of at least 4 members (excludes halogenated alkanes) is 2. The first kappa shape index (κ1) is 32.0. The minimum atomic E-state index is -4.27. The first-order chi connectivity index (χ1) is 16.9. The quantitative estimate of drug-likeness (QED) is 0.129. The molecule has 13 nitrogen and oxygen atoms in total. The largest absolute Gasteiger partial charge is 0.477 e. The molecule has 0 aromatic heterocycles. The maximum atomic E-state index is 13.5. The van der Waals surface area contributed by atoms with Gasteiger partial charge in [-0.2, -0.15) is 0 Å². The summed E-state index contributed by atoms with van der Waals surface area (Å²) in [5, 5.41) is 0. The second kappa shape index (κ2) is 15.9. The maximum Gasteiger partial charge on any atom is 0.477 e. The van der Waals surface area contributed by atoms with E-state index in [4.69, 9.17) is 37.3 Å². The van der Waals surface area contributed by atoms with E-state index < -0.39 is 69.0 Å². The average molecular weight is 540 g/mol. The van der Waals surface area contributed by atoms with Crippen LogP contribution in [0.3, 0.4) is 0 Å². The van der Waals surface area contributed by atoms with E-state index in [9.17, 15) is 23.7 Å². The molecular formula is C22H37O13P. The van der Waals surface area contributed by atoms with E-state index in [1.807, 2.05) is 13.8 Å². The van der Waals surface area contributed by atoms with Crippen LogP contribution in [0.15, 0.2) is 0 Å². The lowest BCUT2D eigenvalue weighted by Gasteiger charge is -2.44. The lowest BCUT2D eigenvalue weighted by molar-refractivity contribution is -0.291. The maximum absolute atomic E-state index is 13.5. The van der Waals surface area contributed by atoms with Gasteiger partial charge in [-0.15, -0.1) is 0 Å². The van der Waals surface area contributed by atoms with Gasteiger partial charge in [0.05, 0.1) is 13.2 Å². The highest BCUT2D eigenvalue weighted by Gasteiger charge is 2.54.